The number of hydrogen-bond donors (Lipinski definition) is 1. The molecule has 0 spiro atoms. The molecule has 5 rings (SSSR count). The van der Waals surface area contributed by atoms with Crippen LogP contribution in [0.5, 0.6) is 0 Å². The first-order valence-electron chi connectivity index (χ1n) is 9.89. The lowest BCUT2D eigenvalue weighted by atomic mass is 10.1. The zero-order chi connectivity index (χ0) is 21.5. The Hall–Kier alpha value is -3.22. The van der Waals surface area contributed by atoms with Crippen molar-refractivity contribution in [3.63, 3.8) is 0 Å². The largest absolute Gasteiger partial charge is 0.375 e. The van der Waals surface area contributed by atoms with Crippen molar-refractivity contribution in [1.82, 2.24) is 14.5 Å². The summed E-state index contributed by atoms with van der Waals surface area (Å²) >= 11 is 7.92. The lowest BCUT2D eigenvalue weighted by Crippen LogP contribution is -2.25. The molecule has 7 heteroatoms. The highest BCUT2D eigenvalue weighted by atomic mass is 35.5. The van der Waals surface area contributed by atoms with E-state index < -0.39 is 0 Å². The highest BCUT2D eigenvalue weighted by molar-refractivity contribution is 7.16. The summed E-state index contributed by atoms with van der Waals surface area (Å²) in [6, 6.07) is 17.2. The maximum atomic E-state index is 13.6. The topological polar surface area (TPSA) is 59.8 Å². The van der Waals surface area contributed by atoms with Crippen LogP contribution in [-0.2, 0) is 0 Å². The standard InChI is InChI=1S/C24H19ClN4OS/c1-14-5-3-7-17(11-14)29-20(12-16-6-4-8-18(25)21(16)24(29)30)15(2)28-19-9-10-26-23-22(19)27-13-31-23/h3-13,15H,1-2H3,(H,26,28)/t15-/m0/s1. The van der Waals surface area contributed by atoms with Crippen LogP contribution in [-0.4, -0.2) is 14.5 Å². The number of thiazole rings is 1. The number of halogens is 1. The van der Waals surface area contributed by atoms with E-state index >= 15 is 0 Å². The number of nitrogens with zero attached hydrogens (tertiary/aromatic N) is 3. The average molecular weight is 447 g/mol. The molecule has 0 bridgehead atoms. The molecular formula is C24H19ClN4OS. The van der Waals surface area contributed by atoms with Crippen molar-refractivity contribution in [1.29, 1.82) is 0 Å². The minimum Gasteiger partial charge on any atom is -0.375 e. The summed E-state index contributed by atoms with van der Waals surface area (Å²) in [5.41, 5.74) is 6.09. The van der Waals surface area contributed by atoms with Gasteiger partial charge in [-0.25, -0.2) is 9.97 Å². The number of anilines is 1. The molecule has 1 N–H and O–H groups in total. The fourth-order valence-electron chi connectivity index (χ4n) is 3.89. The van der Waals surface area contributed by atoms with Gasteiger partial charge in [0.15, 0.2) is 0 Å². The molecule has 0 radical (unpaired) electrons. The van der Waals surface area contributed by atoms with E-state index in [4.69, 9.17) is 11.6 Å². The highest BCUT2D eigenvalue weighted by Gasteiger charge is 2.19. The minimum atomic E-state index is -0.177. The second-order valence-corrected chi connectivity index (χ2v) is 8.72. The Bertz CT molecular complexity index is 1490. The van der Waals surface area contributed by atoms with Crippen molar-refractivity contribution >= 4 is 49.7 Å². The van der Waals surface area contributed by atoms with Crippen LogP contribution in [0.15, 0.2) is 71.1 Å². The molecular weight excluding hydrogens is 428 g/mol. The predicted molar refractivity (Wildman–Crippen MR) is 129 cm³/mol. The van der Waals surface area contributed by atoms with Crippen molar-refractivity contribution in [3.05, 3.63) is 92.9 Å². The molecule has 5 aromatic rings. The first-order valence-corrected chi connectivity index (χ1v) is 11.1. The SMILES string of the molecule is Cc1cccc(-n2c([C@H](C)Nc3ccnc4scnc34)cc3cccc(Cl)c3c2=O)c1. The Morgan fingerprint density at radius 2 is 1.94 bits per heavy atom. The van der Waals surface area contributed by atoms with Crippen LogP contribution in [0.3, 0.4) is 0 Å². The third kappa shape index (κ3) is 3.48. The number of hydrogen-bond acceptors (Lipinski definition) is 5. The van der Waals surface area contributed by atoms with Gasteiger partial charge in [0.05, 0.1) is 27.6 Å². The van der Waals surface area contributed by atoms with E-state index in [1.165, 1.54) is 11.3 Å². The van der Waals surface area contributed by atoms with Crippen LogP contribution in [0, 0.1) is 6.92 Å². The molecule has 0 amide bonds. The zero-order valence-corrected chi connectivity index (χ0v) is 18.5. The van der Waals surface area contributed by atoms with Gasteiger partial charge in [-0.15, -0.1) is 11.3 Å². The summed E-state index contributed by atoms with van der Waals surface area (Å²) in [6.45, 7) is 4.05. The summed E-state index contributed by atoms with van der Waals surface area (Å²) in [4.78, 5) is 23.3. The van der Waals surface area contributed by atoms with Crippen LogP contribution < -0.4 is 10.9 Å². The molecule has 5 nitrogen and oxygen atoms in total. The molecule has 3 aromatic heterocycles. The van der Waals surface area contributed by atoms with E-state index in [2.05, 4.69) is 15.3 Å². The predicted octanol–water partition coefficient (Wildman–Crippen LogP) is 6.13. The zero-order valence-electron chi connectivity index (χ0n) is 17.0. The van der Waals surface area contributed by atoms with Gasteiger partial charge in [-0.3, -0.25) is 9.36 Å². The van der Waals surface area contributed by atoms with Gasteiger partial charge in [0.25, 0.3) is 5.56 Å². The quantitative estimate of drug-likeness (QED) is 0.360. The lowest BCUT2D eigenvalue weighted by Gasteiger charge is -2.22. The molecule has 0 unspecified atom stereocenters. The number of benzene rings is 2. The van der Waals surface area contributed by atoms with Gasteiger partial charge in [-0.1, -0.05) is 35.9 Å². The maximum absolute atomic E-state index is 13.6. The molecule has 0 aliphatic heterocycles. The van der Waals surface area contributed by atoms with Gasteiger partial charge >= 0.3 is 0 Å². The number of rotatable bonds is 4. The number of aromatic nitrogens is 3. The molecule has 1 atom stereocenters. The molecule has 0 saturated heterocycles. The van der Waals surface area contributed by atoms with Gasteiger partial charge < -0.3 is 5.32 Å². The second-order valence-electron chi connectivity index (χ2n) is 7.48. The Morgan fingerprint density at radius 3 is 2.77 bits per heavy atom. The summed E-state index contributed by atoms with van der Waals surface area (Å²) in [6.07, 6.45) is 1.77. The van der Waals surface area contributed by atoms with Crippen LogP contribution in [0.25, 0.3) is 26.8 Å². The summed E-state index contributed by atoms with van der Waals surface area (Å²) < 4.78 is 1.75. The fraction of sp³-hybridized carbons (Fsp3) is 0.125. The van der Waals surface area contributed by atoms with Gasteiger partial charge in [-0.05, 0) is 55.1 Å². The summed E-state index contributed by atoms with van der Waals surface area (Å²) in [5, 5.41) is 5.32. The molecule has 154 valence electrons. The summed E-state index contributed by atoms with van der Waals surface area (Å²) in [7, 11) is 0. The highest BCUT2D eigenvalue weighted by Crippen LogP contribution is 2.30. The summed E-state index contributed by atoms with van der Waals surface area (Å²) in [5.74, 6) is 0. The third-order valence-corrected chi connectivity index (χ3v) is 6.38. The lowest BCUT2D eigenvalue weighted by molar-refractivity contribution is 0.778. The van der Waals surface area contributed by atoms with Crippen molar-refractivity contribution in [2.75, 3.05) is 5.32 Å². The van der Waals surface area contributed by atoms with Crippen molar-refractivity contribution < 1.29 is 0 Å². The van der Waals surface area contributed by atoms with E-state index in [1.54, 1.807) is 22.3 Å². The first kappa shape index (κ1) is 19.7. The first-order chi connectivity index (χ1) is 15.0. The number of fused-ring (bicyclic) bond motifs is 2. The molecule has 3 heterocycles. The van der Waals surface area contributed by atoms with Crippen LogP contribution in [0.4, 0.5) is 5.69 Å². The van der Waals surface area contributed by atoms with E-state index in [0.717, 1.165) is 38.4 Å². The molecule has 0 fully saturated rings. The number of pyridine rings is 2. The maximum Gasteiger partial charge on any atom is 0.264 e. The Kier molecular flexibility index (Phi) is 4.96. The molecule has 0 saturated carbocycles. The Labute approximate surface area is 188 Å². The van der Waals surface area contributed by atoms with Gasteiger partial charge in [0.1, 0.15) is 10.3 Å². The van der Waals surface area contributed by atoms with Gasteiger partial charge in [0, 0.05) is 17.6 Å². The minimum absolute atomic E-state index is 0.133. The van der Waals surface area contributed by atoms with Crippen molar-refractivity contribution in [2.45, 2.75) is 19.9 Å². The Balaban J connectivity index is 1.72. The molecule has 31 heavy (non-hydrogen) atoms. The smallest absolute Gasteiger partial charge is 0.264 e. The number of nitrogens with one attached hydrogen (secondary N) is 1. The van der Waals surface area contributed by atoms with E-state index in [1.807, 2.05) is 62.4 Å². The Morgan fingerprint density at radius 1 is 1.10 bits per heavy atom. The van der Waals surface area contributed by atoms with E-state index in [9.17, 15) is 4.79 Å². The van der Waals surface area contributed by atoms with Crippen molar-refractivity contribution in [3.8, 4) is 5.69 Å². The fourth-order valence-corrected chi connectivity index (χ4v) is 4.81. The molecule has 0 aliphatic carbocycles. The van der Waals surface area contributed by atoms with Gasteiger partial charge in [-0.2, -0.15) is 0 Å². The van der Waals surface area contributed by atoms with Crippen LogP contribution in [0.2, 0.25) is 5.02 Å². The van der Waals surface area contributed by atoms with Crippen LogP contribution in [0.1, 0.15) is 24.2 Å². The number of aryl methyl sites for hydroxylation is 1. The normalized spacial score (nSPS) is 12.4. The van der Waals surface area contributed by atoms with Crippen molar-refractivity contribution in [2.24, 2.45) is 0 Å². The third-order valence-electron chi connectivity index (χ3n) is 5.34. The molecule has 0 aliphatic rings. The van der Waals surface area contributed by atoms with Crippen LogP contribution >= 0.6 is 22.9 Å². The van der Waals surface area contributed by atoms with E-state index in [0.29, 0.717) is 10.4 Å². The van der Waals surface area contributed by atoms with Gasteiger partial charge in [0.2, 0.25) is 0 Å². The second kappa shape index (κ2) is 7.80. The molecule has 2 aromatic carbocycles. The van der Waals surface area contributed by atoms with E-state index in [-0.39, 0.29) is 11.6 Å². The monoisotopic (exact) mass is 446 g/mol. The average Bonchev–Trinajstić information content (AvgIpc) is 3.23.